The molecule has 0 aromatic heterocycles. The van der Waals surface area contributed by atoms with Crippen LogP contribution in [0.4, 0.5) is 0 Å². The number of rotatable bonds is 5. The molecule has 5 N–H and O–H groups in total. The Balaban J connectivity index is 2.54. The van der Waals surface area contributed by atoms with Crippen molar-refractivity contribution in [3.05, 3.63) is 0 Å². The van der Waals surface area contributed by atoms with Gasteiger partial charge in [-0.25, -0.2) is 0 Å². The van der Waals surface area contributed by atoms with Crippen LogP contribution in [0.3, 0.4) is 0 Å². The number of oxime groups is 1. The van der Waals surface area contributed by atoms with Gasteiger partial charge in [-0.2, -0.15) is 0 Å². The molecule has 7 nitrogen and oxygen atoms in total. The van der Waals surface area contributed by atoms with E-state index in [-0.39, 0.29) is 17.6 Å². The lowest BCUT2D eigenvalue weighted by Crippen LogP contribution is -2.49. The fourth-order valence-corrected chi connectivity index (χ4v) is 2.26. The summed E-state index contributed by atoms with van der Waals surface area (Å²) in [7, 11) is 0. The maximum absolute atomic E-state index is 12.1. The molecule has 2 amide bonds. The van der Waals surface area contributed by atoms with Gasteiger partial charge in [0.1, 0.15) is 5.41 Å². The van der Waals surface area contributed by atoms with Gasteiger partial charge < -0.3 is 21.6 Å². The van der Waals surface area contributed by atoms with Crippen molar-refractivity contribution >= 4 is 17.6 Å². The Kier molecular flexibility index (Phi) is 4.94. The van der Waals surface area contributed by atoms with E-state index in [9.17, 15) is 9.59 Å². The minimum atomic E-state index is -0.884. The van der Waals surface area contributed by atoms with Gasteiger partial charge in [0.25, 0.3) is 0 Å². The van der Waals surface area contributed by atoms with Gasteiger partial charge in [0.15, 0.2) is 5.84 Å². The van der Waals surface area contributed by atoms with E-state index in [0.717, 1.165) is 12.8 Å². The SMILES string of the molecule is CC(=O)NCCNC(=O)C1(C(N)=NO)CCCC1. The third kappa shape index (κ3) is 3.12. The van der Waals surface area contributed by atoms with Crippen LogP contribution in [0.25, 0.3) is 0 Å². The first-order chi connectivity index (χ1) is 8.53. The van der Waals surface area contributed by atoms with Crippen molar-refractivity contribution in [2.45, 2.75) is 32.6 Å². The maximum Gasteiger partial charge on any atom is 0.234 e. The number of nitrogens with one attached hydrogen (secondary N) is 2. The first-order valence-electron chi connectivity index (χ1n) is 6.03. The number of carbonyl (C=O) groups is 2. The Morgan fingerprint density at radius 1 is 1.28 bits per heavy atom. The standard InChI is InChI=1S/C11H20N4O3/c1-8(16)13-6-7-14-10(17)11(9(12)15-18)4-2-3-5-11/h18H,2-7H2,1H3,(H2,12,15)(H,13,16)(H,14,17). The van der Waals surface area contributed by atoms with Crippen LogP contribution in [0.2, 0.25) is 0 Å². The second-order valence-electron chi connectivity index (χ2n) is 4.51. The monoisotopic (exact) mass is 256 g/mol. The number of carbonyl (C=O) groups excluding carboxylic acids is 2. The van der Waals surface area contributed by atoms with E-state index in [0.29, 0.717) is 25.9 Å². The van der Waals surface area contributed by atoms with Gasteiger partial charge in [0.05, 0.1) is 0 Å². The van der Waals surface area contributed by atoms with Crippen molar-refractivity contribution in [3.8, 4) is 0 Å². The summed E-state index contributed by atoms with van der Waals surface area (Å²) in [5.74, 6) is -0.408. The van der Waals surface area contributed by atoms with E-state index >= 15 is 0 Å². The summed E-state index contributed by atoms with van der Waals surface area (Å²) < 4.78 is 0. The number of nitrogens with zero attached hydrogens (tertiary/aromatic N) is 1. The van der Waals surface area contributed by atoms with Crippen molar-refractivity contribution in [1.82, 2.24) is 10.6 Å². The van der Waals surface area contributed by atoms with E-state index in [1.165, 1.54) is 6.92 Å². The van der Waals surface area contributed by atoms with Crippen molar-refractivity contribution < 1.29 is 14.8 Å². The zero-order chi connectivity index (χ0) is 13.6. The molecule has 7 heteroatoms. The zero-order valence-corrected chi connectivity index (χ0v) is 10.5. The molecule has 0 aliphatic heterocycles. The molecule has 1 aliphatic carbocycles. The van der Waals surface area contributed by atoms with Crippen molar-refractivity contribution in [2.75, 3.05) is 13.1 Å². The predicted molar refractivity (Wildman–Crippen MR) is 66.0 cm³/mol. The van der Waals surface area contributed by atoms with Crippen molar-refractivity contribution in [3.63, 3.8) is 0 Å². The average Bonchev–Trinajstić information content (AvgIpc) is 2.83. The molecule has 0 spiro atoms. The molecule has 0 bridgehead atoms. The molecule has 0 aromatic carbocycles. The van der Waals surface area contributed by atoms with Crippen molar-refractivity contribution in [2.24, 2.45) is 16.3 Å². The number of hydrogen-bond acceptors (Lipinski definition) is 4. The van der Waals surface area contributed by atoms with E-state index < -0.39 is 5.41 Å². The minimum Gasteiger partial charge on any atom is -0.409 e. The third-order valence-electron chi connectivity index (χ3n) is 3.27. The van der Waals surface area contributed by atoms with E-state index in [1.807, 2.05) is 0 Å². The highest BCUT2D eigenvalue weighted by Gasteiger charge is 2.45. The Labute approximate surface area is 106 Å². The quantitative estimate of drug-likeness (QED) is 0.175. The van der Waals surface area contributed by atoms with E-state index in [4.69, 9.17) is 10.9 Å². The van der Waals surface area contributed by atoms with E-state index in [1.54, 1.807) is 0 Å². The topological polar surface area (TPSA) is 117 Å². The lowest BCUT2D eigenvalue weighted by molar-refractivity contribution is -0.127. The highest BCUT2D eigenvalue weighted by atomic mass is 16.4. The van der Waals surface area contributed by atoms with Crippen LogP contribution in [0.5, 0.6) is 0 Å². The van der Waals surface area contributed by atoms with Crippen LogP contribution in [-0.4, -0.2) is 35.9 Å². The highest BCUT2D eigenvalue weighted by molar-refractivity contribution is 6.07. The highest BCUT2D eigenvalue weighted by Crippen LogP contribution is 2.38. The Bertz CT molecular complexity index is 348. The van der Waals surface area contributed by atoms with Crippen LogP contribution in [0.1, 0.15) is 32.6 Å². The summed E-state index contributed by atoms with van der Waals surface area (Å²) in [4.78, 5) is 22.8. The lowest BCUT2D eigenvalue weighted by atomic mass is 9.84. The predicted octanol–water partition coefficient (Wildman–Crippen LogP) is -0.454. The number of amides is 2. The summed E-state index contributed by atoms with van der Waals surface area (Å²) in [6.07, 6.45) is 2.95. The molecule has 0 heterocycles. The number of amidine groups is 1. The molecule has 102 valence electrons. The molecule has 0 aromatic rings. The van der Waals surface area contributed by atoms with E-state index in [2.05, 4.69) is 15.8 Å². The second kappa shape index (κ2) is 6.23. The Morgan fingerprint density at radius 3 is 2.33 bits per heavy atom. The van der Waals surface area contributed by atoms with Gasteiger partial charge in [0, 0.05) is 20.0 Å². The molecule has 18 heavy (non-hydrogen) atoms. The maximum atomic E-state index is 12.1. The van der Waals surface area contributed by atoms with Gasteiger partial charge in [-0.3, -0.25) is 9.59 Å². The first kappa shape index (κ1) is 14.3. The van der Waals surface area contributed by atoms with Crippen LogP contribution < -0.4 is 16.4 Å². The van der Waals surface area contributed by atoms with Gasteiger partial charge >= 0.3 is 0 Å². The van der Waals surface area contributed by atoms with Gasteiger partial charge in [0.2, 0.25) is 11.8 Å². The van der Waals surface area contributed by atoms with Crippen LogP contribution in [0.15, 0.2) is 5.16 Å². The third-order valence-corrected chi connectivity index (χ3v) is 3.27. The molecule has 0 atom stereocenters. The number of hydrogen-bond donors (Lipinski definition) is 4. The normalized spacial score (nSPS) is 18.4. The van der Waals surface area contributed by atoms with Crippen LogP contribution >= 0.6 is 0 Å². The Morgan fingerprint density at radius 2 is 1.83 bits per heavy atom. The molecule has 0 saturated heterocycles. The Hall–Kier alpha value is -1.79. The van der Waals surface area contributed by atoms with Gasteiger partial charge in [-0.15, -0.1) is 0 Å². The molecule has 0 radical (unpaired) electrons. The molecule has 1 rings (SSSR count). The lowest BCUT2D eigenvalue weighted by Gasteiger charge is -2.25. The second-order valence-corrected chi connectivity index (χ2v) is 4.51. The molecule has 1 saturated carbocycles. The average molecular weight is 256 g/mol. The van der Waals surface area contributed by atoms with Gasteiger partial charge in [-0.05, 0) is 12.8 Å². The first-order valence-corrected chi connectivity index (χ1v) is 6.03. The summed E-state index contributed by atoms with van der Waals surface area (Å²) in [5.41, 5.74) is 4.75. The summed E-state index contributed by atoms with van der Waals surface area (Å²) in [6, 6.07) is 0. The fourth-order valence-electron chi connectivity index (χ4n) is 2.26. The number of nitrogens with two attached hydrogens (primary N) is 1. The van der Waals surface area contributed by atoms with Gasteiger partial charge in [-0.1, -0.05) is 18.0 Å². The van der Waals surface area contributed by atoms with Crippen LogP contribution in [-0.2, 0) is 9.59 Å². The smallest absolute Gasteiger partial charge is 0.234 e. The summed E-state index contributed by atoms with van der Waals surface area (Å²) >= 11 is 0. The molecule has 0 unspecified atom stereocenters. The van der Waals surface area contributed by atoms with Crippen LogP contribution in [0, 0.1) is 5.41 Å². The molecular formula is C11H20N4O3. The summed E-state index contributed by atoms with van der Waals surface area (Å²) in [5, 5.41) is 17.1. The molecular weight excluding hydrogens is 236 g/mol. The minimum absolute atomic E-state index is 0.0305. The molecule has 1 fully saturated rings. The zero-order valence-electron chi connectivity index (χ0n) is 10.5. The largest absolute Gasteiger partial charge is 0.409 e. The molecule has 1 aliphatic rings. The summed E-state index contributed by atoms with van der Waals surface area (Å²) in [6.45, 7) is 2.11. The van der Waals surface area contributed by atoms with Crippen molar-refractivity contribution in [1.29, 1.82) is 0 Å². The fraction of sp³-hybridized carbons (Fsp3) is 0.727.